The molecule has 0 saturated carbocycles. The molecule has 0 radical (unpaired) electrons. The molecule has 2 rings (SSSR count). The van der Waals surface area contributed by atoms with Gasteiger partial charge in [0.25, 0.3) is 10.1 Å². The van der Waals surface area contributed by atoms with Gasteiger partial charge in [-0.05, 0) is 46.0 Å². The van der Waals surface area contributed by atoms with Gasteiger partial charge in [-0.3, -0.25) is 4.55 Å². The summed E-state index contributed by atoms with van der Waals surface area (Å²) >= 11 is 0. The normalized spacial score (nSPS) is 11.2. The van der Waals surface area contributed by atoms with Crippen molar-refractivity contribution in [1.82, 2.24) is 0 Å². The molecule has 0 bridgehead atoms. The zero-order chi connectivity index (χ0) is 18.6. The number of ether oxygens (including phenoxy) is 1. The fourth-order valence-corrected chi connectivity index (χ4v) is 3.35. The van der Waals surface area contributed by atoms with Crippen LogP contribution in [-0.4, -0.2) is 25.2 Å². The molecule has 0 saturated heterocycles. The molecule has 0 amide bonds. The summed E-state index contributed by atoms with van der Waals surface area (Å²) in [6.07, 6.45) is 3.35. The van der Waals surface area contributed by atoms with Gasteiger partial charge in [-0.1, -0.05) is 37.4 Å². The monoisotopic (exact) mass is 360 g/mol. The molecule has 132 valence electrons. The Balaban J connectivity index is 2.59. The standard InChI is InChI=1S/C19H20O5S/c1-4-13-6-7-15(18(8-13)24-3)10-16-11-19(25(21,22)23)14(5-2)9-17(16)12-20/h4-9,11,20H,1-2,10,12H2,3H3,(H,21,22,23). The Labute approximate surface area is 147 Å². The molecule has 2 N–H and O–H groups in total. The number of aliphatic hydroxyl groups excluding tert-OH is 1. The first kappa shape index (κ1) is 18.9. The van der Waals surface area contributed by atoms with E-state index in [1.165, 1.54) is 18.2 Å². The molecule has 25 heavy (non-hydrogen) atoms. The van der Waals surface area contributed by atoms with Crippen molar-refractivity contribution in [2.45, 2.75) is 17.9 Å². The van der Waals surface area contributed by atoms with Crippen LogP contribution >= 0.6 is 0 Å². The molecule has 0 fully saturated rings. The van der Waals surface area contributed by atoms with Crippen LogP contribution in [0.3, 0.4) is 0 Å². The summed E-state index contributed by atoms with van der Waals surface area (Å²) in [6, 6.07) is 8.41. The van der Waals surface area contributed by atoms with Gasteiger partial charge in [-0.25, -0.2) is 0 Å². The molecule has 2 aromatic carbocycles. The lowest BCUT2D eigenvalue weighted by molar-refractivity contribution is 0.280. The third-order valence-corrected chi connectivity index (χ3v) is 4.84. The van der Waals surface area contributed by atoms with E-state index in [9.17, 15) is 18.1 Å². The number of rotatable bonds is 7. The van der Waals surface area contributed by atoms with Crippen molar-refractivity contribution in [2.24, 2.45) is 0 Å². The highest BCUT2D eigenvalue weighted by Crippen LogP contribution is 2.28. The van der Waals surface area contributed by atoms with Gasteiger partial charge in [0.2, 0.25) is 0 Å². The van der Waals surface area contributed by atoms with Crippen molar-refractivity contribution >= 4 is 22.3 Å². The summed E-state index contributed by atoms with van der Waals surface area (Å²) < 4.78 is 38.1. The predicted molar refractivity (Wildman–Crippen MR) is 98.2 cm³/mol. The molecule has 6 heteroatoms. The van der Waals surface area contributed by atoms with E-state index >= 15 is 0 Å². The molecular weight excluding hydrogens is 340 g/mol. The van der Waals surface area contributed by atoms with Crippen LogP contribution in [0.5, 0.6) is 5.75 Å². The maximum Gasteiger partial charge on any atom is 0.295 e. The molecule has 0 spiro atoms. The lowest BCUT2D eigenvalue weighted by Gasteiger charge is -2.14. The molecule has 0 unspecified atom stereocenters. The Hall–Kier alpha value is -2.41. The first-order valence-electron chi connectivity index (χ1n) is 7.50. The topological polar surface area (TPSA) is 83.8 Å². The number of benzene rings is 2. The summed E-state index contributed by atoms with van der Waals surface area (Å²) in [5, 5.41) is 9.63. The van der Waals surface area contributed by atoms with Crippen LogP contribution in [0, 0.1) is 0 Å². The van der Waals surface area contributed by atoms with Crippen molar-refractivity contribution in [3.05, 3.63) is 71.3 Å². The van der Waals surface area contributed by atoms with Crippen LogP contribution in [-0.2, 0) is 23.1 Å². The third kappa shape index (κ3) is 4.17. The van der Waals surface area contributed by atoms with Crippen LogP contribution in [0.2, 0.25) is 0 Å². The SMILES string of the molecule is C=Cc1ccc(Cc2cc(S(=O)(=O)O)c(C=C)cc2CO)c(OC)c1. The third-order valence-electron chi connectivity index (χ3n) is 3.93. The predicted octanol–water partition coefficient (Wildman–Crippen LogP) is 3.31. The largest absolute Gasteiger partial charge is 0.496 e. The van der Waals surface area contributed by atoms with Crippen LogP contribution in [0.15, 0.2) is 48.4 Å². The number of hydrogen-bond donors (Lipinski definition) is 2. The van der Waals surface area contributed by atoms with Gasteiger partial charge in [0, 0.05) is 6.42 Å². The minimum atomic E-state index is -4.41. The van der Waals surface area contributed by atoms with Gasteiger partial charge in [-0.2, -0.15) is 8.42 Å². The van der Waals surface area contributed by atoms with Gasteiger partial charge >= 0.3 is 0 Å². The summed E-state index contributed by atoms with van der Waals surface area (Å²) in [5.74, 6) is 0.627. The van der Waals surface area contributed by atoms with E-state index in [4.69, 9.17) is 4.74 Å². The summed E-state index contributed by atoms with van der Waals surface area (Å²) in [6.45, 7) is 7.00. The first-order valence-corrected chi connectivity index (χ1v) is 8.94. The van der Waals surface area contributed by atoms with E-state index in [0.29, 0.717) is 23.3 Å². The highest BCUT2D eigenvalue weighted by molar-refractivity contribution is 7.85. The van der Waals surface area contributed by atoms with E-state index in [2.05, 4.69) is 13.2 Å². The highest BCUT2D eigenvalue weighted by atomic mass is 32.2. The summed E-state index contributed by atoms with van der Waals surface area (Å²) in [7, 11) is -2.86. The number of hydrogen-bond acceptors (Lipinski definition) is 4. The fraction of sp³-hybridized carbons (Fsp3) is 0.158. The van der Waals surface area contributed by atoms with E-state index < -0.39 is 10.1 Å². The molecular formula is C19H20O5S. The fourth-order valence-electron chi connectivity index (χ4n) is 2.62. The van der Waals surface area contributed by atoms with E-state index in [0.717, 1.165) is 11.1 Å². The lowest BCUT2D eigenvalue weighted by atomic mass is 9.96. The Morgan fingerprint density at radius 1 is 1.08 bits per heavy atom. The van der Waals surface area contributed by atoms with Gasteiger partial charge < -0.3 is 9.84 Å². The molecule has 0 aliphatic rings. The molecule has 0 aliphatic carbocycles. The molecule has 0 heterocycles. The van der Waals surface area contributed by atoms with Crippen molar-refractivity contribution < 1.29 is 22.8 Å². The Morgan fingerprint density at radius 2 is 1.80 bits per heavy atom. The second-order valence-corrected chi connectivity index (χ2v) is 6.84. The Kier molecular flexibility index (Phi) is 5.79. The first-order chi connectivity index (χ1) is 11.8. The second-order valence-electron chi connectivity index (χ2n) is 5.45. The number of aliphatic hydroxyl groups is 1. The van der Waals surface area contributed by atoms with Gasteiger partial charge in [0.05, 0.1) is 13.7 Å². The van der Waals surface area contributed by atoms with Gasteiger partial charge in [0.1, 0.15) is 10.6 Å². The Morgan fingerprint density at radius 3 is 2.32 bits per heavy atom. The van der Waals surface area contributed by atoms with Crippen molar-refractivity contribution in [3.8, 4) is 5.75 Å². The maximum absolute atomic E-state index is 11.6. The molecule has 5 nitrogen and oxygen atoms in total. The zero-order valence-electron chi connectivity index (χ0n) is 13.9. The van der Waals surface area contributed by atoms with Crippen LogP contribution < -0.4 is 4.74 Å². The minimum absolute atomic E-state index is 0.239. The number of methoxy groups -OCH3 is 1. The van der Waals surface area contributed by atoms with Crippen LogP contribution in [0.1, 0.15) is 27.8 Å². The second kappa shape index (κ2) is 7.65. The summed E-state index contributed by atoms with van der Waals surface area (Å²) in [5.41, 5.74) is 3.07. The van der Waals surface area contributed by atoms with E-state index in [-0.39, 0.29) is 17.1 Å². The zero-order valence-corrected chi connectivity index (χ0v) is 14.7. The van der Waals surface area contributed by atoms with Gasteiger partial charge in [0.15, 0.2) is 0 Å². The van der Waals surface area contributed by atoms with E-state index in [1.54, 1.807) is 13.2 Å². The van der Waals surface area contributed by atoms with Gasteiger partial charge in [-0.15, -0.1) is 0 Å². The molecule has 0 aliphatic heterocycles. The molecule has 0 atom stereocenters. The summed E-state index contributed by atoms with van der Waals surface area (Å²) in [4.78, 5) is -0.239. The quantitative estimate of drug-likeness (QED) is 0.740. The van der Waals surface area contributed by atoms with Crippen LogP contribution in [0.4, 0.5) is 0 Å². The molecule has 0 aromatic heterocycles. The van der Waals surface area contributed by atoms with Crippen molar-refractivity contribution in [3.63, 3.8) is 0 Å². The maximum atomic E-state index is 11.6. The van der Waals surface area contributed by atoms with E-state index in [1.807, 2.05) is 18.2 Å². The highest BCUT2D eigenvalue weighted by Gasteiger charge is 2.18. The average molecular weight is 360 g/mol. The minimum Gasteiger partial charge on any atom is -0.496 e. The van der Waals surface area contributed by atoms with Crippen LogP contribution in [0.25, 0.3) is 12.2 Å². The average Bonchev–Trinajstić information content (AvgIpc) is 2.60. The smallest absolute Gasteiger partial charge is 0.295 e. The lowest BCUT2D eigenvalue weighted by Crippen LogP contribution is -2.06. The van der Waals surface area contributed by atoms with Crippen molar-refractivity contribution in [1.29, 1.82) is 0 Å². The molecule has 2 aromatic rings. The Bertz CT molecular complexity index is 914. The van der Waals surface area contributed by atoms with Crippen molar-refractivity contribution in [2.75, 3.05) is 7.11 Å².